The number of carbonyl (C=O) groups is 2. The first-order valence-electron chi connectivity index (χ1n) is 10.3. The van der Waals surface area contributed by atoms with E-state index in [0.717, 1.165) is 12.8 Å². The van der Waals surface area contributed by atoms with Crippen molar-refractivity contribution in [3.8, 4) is 0 Å². The zero-order valence-corrected chi connectivity index (χ0v) is 20.4. The highest BCUT2D eigenvalue weighted by Crippen LogP contribution is 2.46. The molecule has 1 aliphatic rings. The minimum atomic E-state index is -2.79. The van der Waals surface area contributed by atoms with Crippen molar-refractivity contribution in [3.05, 3.63) is 0 Å². The molecule has 0 aromatic rings. The van der Waals surface area contributed by atoms with E-state index in [1.165, 1.54) is 33.0 Å². The summed E-state index contributed by atoms with van der Waals surface area (Å²) in [6.45, 7) is 12.9. The van der Waals surface area contributed by atoms with Crippen LogP contribution in [0.2, 0.25) is 0 Å². The second-order valence-corrected chi connectivity index (χ2v) is 11.5. The monoisotopic (exact) mass is 468 g/mol. The highest BCUT2D eigenvalue weighted by atomic mass is 31.2. The molecule has 1 saturated carbocycles. The molecule has 1 atom stereocenters. The number of rotatable bonds is 7. The Bertz CT molecular complexity index is 541. The summed E-state index contributed by atoms with van der Waals surface area (Å²) >= 11 is 0. The molecule has 1 unspecified atom stereocenters. The maximum Gasteiger partial charge on any atom is 0.327 e. The van der Waals surface area contributed by atoms with Gasteiger partial charge in [-0.3, -0.25) is 14.2 Å². The molecule has 1 aliphatic carbocycles. The summed E-state index contributed by atoms with van der Waals surface area (Å²) in [5, 5.41) is 0. The molecule has 0 amide bonds. The zero-order chi connectivity index (χ0) is 22.7. The molecule has 0 N–H and O–H groups in total. The third-order valence-electron chi connectivity index (χ3n) is 3.93. The first-order valence-corrected chi connectivity index (χ1v) is 12.3. The molecule has 0 radical (unpaired) electrons. The van der Waals surface area contributed by atoms with Gasteiger partial charge in [0, 0.05) is 13.8 Å². The molecule has 0 bridgehead atoms. The predicted molar refractivity (Wildman–Crippen MR) is 127 cm³/mol. The molecular formula is C23H49O7P. The van der Waals surface area contributed by atoms with Crippen LogP contribution in [0, 0.1) is 5.92 Å². The largest absolute Gasteiger partial charge is 0.465 e. The van der Waals surface area contributed by atoms with Crippen LogP contribution >= 0.6 is 7.60 Å². The van der Waals surface area contributed by atoms with Crippen LogP contribution in [0.1, 0.15) is 101 Å². The number of hydrogen-bond acceptors (Lipinski definition) is 7. The molecule has 0 saturated heterocycles. The quantitative estimate of drug-likeness (QED) is 0.301. The number of ether oxygens (including phenoxy) is 2. The minimum absolute atomic E-state index is 0. The van der Waals surface area contributed by atoms with Crippen LogP contribution in [0.5, 0.6) is 0 Å². The summed E-state index contributed by atoms with van der Waals surface area (Å²) in [5.41, 5.74) is -0.899. The van der Waals surface area contributed by atoms with Gasteiger partial charge in [-0.2, -0.15) is 0 Å². The van der Waals surface area contributed by atoms with Gasteiger partial charge < -0.3 is 18.5 Å². The smallest absolute Gasteiger partial charge is 0.327 e. The lowest BCUT2D eigenvalue weighted by molar-refractivity contribution is -0.158. The molecular weight excluding hydrogens is 419 g/mol. The summed E-state index contributed by atoms with van der Waals surface area (Å²) in [4.78, 5) is 23.0. The van der Waals surface area contributed by atoms with E-state index in [2.05, 4.69) is 4.52 Å². The molecule has 0 aromatic heterocycles. The Morgan fingerprint density at radius 1 is 0.871 bits per heavy atom. The van der Waals surface area contributed by atoms with Crippen molar-refractivity contribution in [3.63, 3.8) is 0 Å². The molecule has 8 heteroatoms. The van der Waals surface area contributed by atoms with Crippen molar-refractivity contribution in [2.45, 2.75) is 113 Å². The number of hydrogen-bond donors (Lipinski definition) is 0. The van der Waals surface area contributed by atoms with Gasteiger partial charge in [-0.1, -0.05) is 34.1 Å². The standard InChI is InChI=1S/C15H26O4.C6H15O3P.2CH4/c1-15(2,3)19-14(17)10-9-13(16)18-11-12-7-5-4-6-8-12;1-6(2,3)9-10(5,7)8-4;;/h12H,4-11H2,1-3H3;1-5H3;2*1H4. The van der Waals surface area contributed by atoms with Gasteiger partial charge in [-0.25, -0.2) is 0 Å². The van der Waals surface area contributed by atoms with E-state index in [9.17, 15) is 14.2 Å². The van der Waals surface area contributed by atoms with Crippen molar-refractivity contribution in [1.82, 2.24) is 0 Å². The molecule has 31 heavy (non-hydrogen) atoms. The molecule has 0 heterocycles. The van der Waals surface area contributed by atoms with Crippen molar-refractivity contribution < 1.29 is 32.7 Å². The fourth-order valence-electron chi connectivity index (χ4n) is 2.77. The first-order chi connectivity index (χ1) is 13.1. The molecule has 0 aromatic carbocycles. The van der Waals surface area contributed by atoms with Gasteiger partial charge in [0.25, 0.3) is 0 Å². The van der Waals surface area contributed by atoms with E-state index in [1.807, 2.05) is 41.5 Å². The van der Waals surface area contributed by atoms with Gasteiger partial charge >= 0.3 is 19.5 Å². The molecule has 0 spiro atoms. The third kappa shape index (κ3) is 22.1. The molecule has 0 aliphatic heterocycles. The fraction of sp³-hybridized carbons (Fsp3) is 0.913. The summed E-state index contributed by atoms with van der Waals surface area (Å²) in [6, 6.07) is 0. The van der Waals surface area contributed by atoms with Gasteiger partial charge in [0.15, 0.2) is 0 Å². The lowest BCUT2D eigenvalue weighted by Gasteiger charge is -2.23. The Labute approximate surface area is 191 Å². The minimum Gasteiger partial charge on any atom is -0.465 e. The number of esters is 2. The molecule has 7 nitrogen and oxygen atoms in total. The third-order valence-corrected chi connectivity index (χ3v) is 5.47. The maximum absolute atomic E-state index is 11.5. The average Bonchev–Trinajstić information content (AvgIpc) is 2.56. The zero-order valence-electron chi connectivity index (χ0n) is 19.5. The van der Waals surface area contributed by atoms with Gasteiger partial charge in [0.05, 0.1) is 25.0 Å². The van der Waals surface area contributed by atoms with Crippen LogP contribution in [0.3, 0.4) is 0 Å². The van der Waals surface area contributed by atoms with Crippen molar-refractivity contribution in [2.75, 3.05) is 20.4 Å². The van der Waals surface area contributed by atoms with Crippen LogP contribution in [-0.2, 0) is 32.7 Å². The number of carbonyl (C=O) groups excluding carboxylic acids is 2. The van der Waals surface area contributed by atoms with Crippen LogP contribution < -0.4 is 0 Å². The molecule has 188 valence electrons. The van der Waals surface area contributed by atoms with E-state index in [0.29, 0.717) is 12.5 Å². The normalized spacial score (nSPS) is 16.4. The summed E-state index contributed by atoms with van der Waals surface area (Å²) in [6.07, 6.45) is 6.28. The Hall–Kier alpha value is -0.910. The van der Waals surface area contributed by atoms with Gasteiger partial charge in [0.2, 0.25) is 0 Å². The van der Waals surface area contributed by atoms with Crippen LogP contribution in [0.4, 0.5) is 0 Å². The highest BCUT2D eigenvalue weighted by molar-refractivity contribution is 7.53. The van der Waals surface area contributed by atoms with Crippen molar-refractivity contribution in [1.29, 1.82) is 0 Å². The summed E-state index contributed by atoms with van der Waals surface area (Å²) < 4.78 is 31.3. The Morgan fingerprint density at radius 2 is 1.35 bits per heavy atom. The van der Waals surface area contributed by atoms with Crippen LogP contribution in [-0.4, -0.2) is 43.5 Å². The first kappa shape index (κ1) is 34.7. The van der Waals surface area contributed by atoms with Crippen LogP contribution in [0.25, 0.3) is 0 Å². The van der Waals surface area contributed by atoms with Crippen molar-refractivity contribution >= 4 is 19.5 Å². The Kier molecular flexibility index (Phi) is 17.7. The van der Waals surface area contributed by atoms with Crippen molar-refractivity contribution in [2.24, 2.45) is 5.92 Å². The predicted octanol–water partition coefficient (Wildman–Crippen LogP) is 6.77. The summed E-state index contributed by atoms with van der Waals surface area (Å²) in [7, 11) is -1.41. The highest BCUT2D eigenvalue weighted by Gasteiger charge is 2.23. The van der Waals surface area contributed by atoms with E-state index in [4.69, 9.17) is 14.0 Å². The fourth-order valence-corrected chi connectivity index (χ4v) is 3.84. The van der Waals surface area contributed by atoms with E-state index >= 15 is 0 Å². The van der Waals surface area contributed by atoms with Gasteiger partial charge in [0.1, 0.15) is 5.60 Å². The Morgan fingerprint density at radius 3 is 1.74 bits per heavy atom. The molecule has 1 fully saturated rings. The Balaban J connectivity index is -0.000000563. The lowest BCUT2D eigenvalue weighted by atomic mass is 9.90. The SMILES string of the molecule is C.C.CC(C)(C)OC(=O)CCC(=O)OCC1CCCCC1.COP(C)(=O)OC(C)(C)C. The van der Waals surface area contributed by atoms with E-state index in [1.54, 1.807) is 0 Å². The van der Waals surface area contributed by atoms with E-state index < -0.39 is 18.8 Å². The average molecular weight is 469 g/mol. The lowest BCUT2D eigenvalue weighted by Crippen LogP contribution is -2.24. The second-order valence-electron chi connectivity index (χ2n) is 9.43. The van der Waals surface area contributed by atoms with Gasteiger partial charge in [-0.05, 0) is 60.3 Å². The van der Waals surface area contributed by atoms with E-state index in [-0.39, 0.29) is 39.6 Å². The summed E-state index contributed by atoms with van der Waals surface area (Å²) in [5.74, 6) is -0.127. The maximum atomic E-state index is 11.5. The van der Waals surface area contributed by atoms with Crippen LogP contribution in [0.15, 0.2) is 0 Å². The topological polar surface area (TPSA) is 88.1 Å². The molecule has 1 rings (SSSR count). The van der Waals surface area contributed by atoms with Gasteiger partial charge in [-0.15, -0.1) is 0 Å². The second kappa shape index (κ2) is 15.8.